The van der Waals surface area contributed by atoms with E-state index in [1.54, 1.807) is 12.3 Å². The molecule has 0 fully saturated rings. The molecular formula is C17H20N2O. The Kier molecular flexibility index (Phi) is 3.98. The minimum absolute atomic E-state index is 0.0393. The highest BCUT2D eigenvalue weighted by Crippen LogP contribution is 2.25. The first-order valence-electron chi connectivity index (χ1n) is 6.77. The Balaban J connectivity index is 2.30. The van der Waals surface area contributed by atoms with Crippen LogP contribution in [0.15, 0.2) is 36.8 Å². The number of aromatic nitrogens is 2. The summed E-state index contributed by atoms with van der Waals surface area (Å²) in [5.74, 6) is 0.104. The second kappa shape index (κ2) is 5.53. The Morgan fingerprint density at radius 1 is 1.20 bits per heavy atom. The SMILES string of the molecule is Cc1ccc(C(C)(C)C)cc1C(=O)Cc1ccncn1. The lowest BCUT2D eigenvalue weighted by molar-refractivity contribution is 0.0991. The van der Waals surface area contributed by atoms with Crippen LogP contribution in [0.5, 0.6) is 0 Å². The second-order valence-electron chi connectivity index (χ2n) is 6.08. The van der Waals surface area contributed by atoms with Gasteiger partial charge in [0.15, 0.2) is 5.78 Å². The van der Waals surface area contributed by atoms with Gasteiger partial charge in [-0.15, -0.1) is 0 Å². The molecule has 3 heteroatoms. The molecule has 1 heterocycles. The van der Waals surface area contributed by atoms with Gasteiger partial charge in [-0.2, -0.15) is 0 Å². The monoisotopic (exact) mass is 268 g/mol. The molecule has 2 aromatic rings. The number of nitrogens with zero attached hydrogens (tertiary/aromatic N) is 2. The summed E-state index contributed by atoms with van der Waals surface area (Å²) >= 11 is 0. The van der Waals surface area contributed by atoms with Crippen LogP contribution in [0.3, 0.4) is 0 Å². The molecule has 0 saturated heterocycles. The average molecular weight is 268 g/mol. The molecule has 2 rings (SSSR count). The van der Waals surface area contributed by atoms with Gasteiger partial charge in [0.05, 0.1) is 12.1 Å². The number of carbonyl (C=O) groups is 1. The number of ketones is 1. The van der Waals surface area contributed by atoms with Crippen LogP contribution in [0.25, 0.3) is 0 Å². The highest BCUT2D eigenvalue weighted by Gasteiger charge is 2.17. The lowest BCUT2D eigenvalue weighted by Crippen LogP contribution is -2.14. The molecule has 0 amide bonds. The lowest BCUT2D eigenvalue weighted by Gasteiger charge is -2.20. The molecule has 0 radical (unpaired) electrons. The summed E-state index contributed by atoms with van der Waals surface area (Å²) in [6.45, 7) is 8.42. The molecule has 0 aliphatic heterocycles. The van der Waals surface area contributed by atoms with E-state index in [-0.39, 0.29) is 11.2 Å². The third kappa shape index (κ3) is 3.29. The summed E-state index contributed by atoms with van der Waals surface area (Å²) in [7, 11) is 0. The zero-order valence-corrected chi connectivity index (χ0v) is 12.5. The molecule has 0 aliphatic rings. The summed E-state index contributed by atoms with van der Waals surface area (Å²) in [4.78, 5) is 20.4. The van der Waals surface area contributed by atoms with Crippen molar-refractivity contribution in [3.63, 3.8) is 0 Å². The zero-order valence-electron chi connectivity index (χ0n) is 12.5. The third-order valence-corrected chi connectivity index (χ3v) is 3.39. The van der Waals surface area contributed by atoms with E-state index in [4.69, 9.17) is 0 Å². The van der Waals surface area contributed by atoms with Crippen LogP contribution in [0.1, 0.15) is 48.0 Å². The van der Waals surface area contributed by atoms with Crippen molar-refractivity contribution >= 4 is 5.78 Å². The maximum Gasteiger partial charge on any atom is 0.169 e. The van der Waals surface area contributed by atoms with Crippen LogP contribution in [0.4, 0.5) is 0 Å². The van der Waals surface area contributed by atoms with E-state index in [1.807, 2.05) is 19.1 Å². The molecule has 0 bridgehead atoms. The van der Waals surface area contributed by atoms with Crippen molar-refractivity contribution in [3.8, 4) is 0 Å². The van der Waals surface area contributed by atoms with Crippen molar-refractivity contribution in [3.05, 3.63) is 59.2 Å². The van der Waals surface area contributed by atoms with Crippen LogP contribution in [0, 0.1) is 6.92 Å². The molecule has 0 N–H and O–H groups in total. The number of Topliss-reactive ketones (excluding diaryl/α,β-unsaturated/α-hetero) is 1. The minimum atomic E-state index is 0.0393. The van der Waals surface area contributed by atoms with Crippen LogP contribution < -0.4 is 0 Å². The fourth-order valence-corrected chi connectivity index (χ4v) is 2.07. The molecule has 1 aromatic heterocycles. The Morgan fingerprint density at radius 3 is 2.55 bits per heavy atom. The molecule has 0 aliphatic carbocycles. The molecule has 0 spiro atoms. The van der Waals surface area contributed by atoms with E-state index < -0.39 is 0 Å². The zero-order chi connectivity index (χ0) is 14.8. The molecule has 0 saturated carbocycles. The van der Waals surface area contributed by atoms with Gasteiger partial charge in [0.1, 0.15) is 6.33 Å². The topological polar surface area (TPSA) is 42.9 Å². The Hall–Kier alpha value is -2.03. The van der Waals surface area contributed by atoms with Gasteiger partial charge in [0, 0.05) is 11.8 Å². The van der Waals surface area contributed by atoms with Gasteiger partial charge in [-0.05, 0) is 35.6 Å². The summed E-state index contributed by atoms with van der Waals surface area (Å²) < 4.78 is 0. The standard InChI is InChI=1S/C17H20N2O/c1-12-5-6-13(17(2,3)4)9-15(12)16(20)10-14-7-8-18-11-19-14/h5-9,11H,10H2,1-4H3. The van der Waals surface area contributed by atoms with Crippen molar-refractivity contribution in [2.45, 2.75) is 39.5 Å². The average Bonchev–Trinajstić information content (AvgIpc) is 2.39. The smallest absolute Gasteiger partial charge is 0.169 e. The van der Waals surface area contributed by atoms with Gasteiger partial charge in [-0.25, -0.2) is 9.97 Å². The van der Waals surface area contributed by atoms with Crippen molar-refractivity contribution in [2.75, 3.05) is 0 Å². The first kappa shape index (κ1) is 14.4. The number of hydrogen-bond donors (Lipinski definition) is 0. The van der Waals surface area contributed by atoms with Gasteiger partial charge in [0.2, 0.25) is 0 Å². The van der Waals surface area contributed by atoms with Crippen molar-refractivity contribution in [2.24, 2.45) is 0 Å². The van der Waals surface area contributed by atoms with E-state index in [1.165, 1.54) is 11.9 Å². The quantitative estimate of drug-likeness (QED) is 0.800. The molecule has 1 aromatic carbocycles. The first-order valence-corrected chi connectivity index (χ1v) is 6.77. The molecule has 0 unspecified atom stereocenters. The Morgan fingerprint density at radius 2 is 1.95 bits per heavy atom. The number of rotatable bonds is 3. The molecular weight excluding hydrogens is 248 g/mol. The number of carbonyl (C=O) groups excluding carboxylic acids is 1. The van der Waals surface area contributed by atoms with Crippen molar-refractivity contribution in [1.29, 1.82) is 0 Å². The van der Waals surface area contributed by atoms with Crippen LogP contribution in [-0.2, 0) is 11.8 Å². The Bertz CT molecular complexity index is 613. The minimum Gasteiger partial charge on any atom is -0.294 e. The van der Waals surface area contributed by atoms with Crippen LogP contribution in [0.2, 0.25) is 0 Å². The van der Waals surface area contributed by atoms with E-state index >= 15 is 0 Å². The number of benzene rings is 1. The fraction of sp³-hybridized carbons (Fsp3) is 0.353. The summed E-state index contributed by atoms with van der Waals surface area (Å²) in [6, 6.07) is 7.91. The summed E-state index contributed by atoms with van der Waals surface area (Å²) in [5.41, 5.74) is 3.77. The van der Waals surface area contributed by atoms with Gasteiger partial charge >= 0.3 is 0 Å². The maximum atomic E-state index is 12.5. The maximum absolute atomic E-state index is 12.5. The van der Waals surface area contributed by atoms with Crippen LogP contribution in [-0.4, -0.2) is 15.8 Å². The fourth-order valence-electron chi connectivity index (χ4n) is 2.07. The van der Waals surface area contributed by atoms with Crippen molar-refractivity contribution in [1.82, 2.24) is 9.97 Å². The predicted molar refractivity (Wildman–Crippen MR) is 79.9 cm³/mol. The summed E-state index contributed by atoms with van der Waals surface area (Å²) in [5, 5.41) is 0. The highest BCUT2D eigenvalue weighted by atomic mass is 16.1. The summed E-state index contributed by atoms with van der Waals surface area (Å²) in [6.07, 6.45) is 3.45. The Labute approximate surface area is 120 Å². The van der Waals surface area contributed by atoms with E-state index in [0.29, 0.717) is 6.42 Å². The number of hydrogen-bond acceptors (Lipinski definition) is 3. The second-order valence-corrected chi connectivity index (χ2v) is 6.08. The normalized spacial score (nSPS) is 11.4. The van der Waals surface area contributed by atoms with Gasteiger partial charge < -0.3 is 0 Å². The number of aryl methyl sites for hydroxylation is 1. The molecule has 0 atom stereocenters. The van der Waals surface area contributed by atoms with E-state index in [2.05, 4.69) is 36.8 Å². The van der Waals surface area contributed by atoms with Crippen molar-refractivity contribution < 1.29 is 4.79 Å². The van der Waals surface area contributed by atoms with Gasteiger partial charge in [-0.3, -0.25) is 4.79 Å². The predicted octanol–water partition coefficient (Wildman–Crippen LogP) is 3.51. The highest BCUT2D eigenvalue weighted by molar-refractivity contribution is 5.98. The first-order chi connectivity index (χ1) is 9.38. The lowest BCUT2D eigenvalue weighted by atomic mass is 9.84. The molecule has 20 heavy (non-hydrogen) atoms. The third-order valence-electron chi connectivity index (χ3n) is 3.39. The van der Waals surface area contributed by atoms with Gasteiger partial charge in [-0.1, -0.05) is 32.9 Å². The molecule has 104 valence electrons. The van der Waals surface area contributed by atoms with E-state index in [0.717, 1.165) is 16.8 Å². The van der Waals surface area contributed by atoms with Gasteiger partial charge in [0.25, 0.3) is 0 Å². The largest absolute Gasteiger partial charge is 0.294 e. The van der Waals surface area contributed by atoms with E-state index in [9.17, 15) is 4.79 Å². The van der Waals surface area contributed by atoms with Crippen LogP contribution >= 0.6 is 0 Å². The molecule has 3 nitrogen and oxygen atoms in total.